The van der Waals surface area contributed by atoms with Crippen molar-refractivity contribution in [3.8, 4) is 0 Å². The highest BCUT2D eigenvalue weighted by Gasteiger charge is 2.33. The summed E-state index contributed by atoms with van der Waals surface area (Å²) < 4.78 is 5.73. The second-order valence-corrected chi connectivity index (χ2v) is 6.61. The number of pyridine rings is 1. The Morgan fingerprint density at radius 2 is 2.11 bits per heavy atom. The third kappa shape index (κ3) is 3.15. The van der Waals surface area contributed by atoms with Gasteiger partial charge in [-0.25, -0.2) is 0 Å². The van der Waals surface area contributed by atoms with Crippen molar-refractivity contribution in [1.29, 1.82) is 0 Å². The maximum atomic E-state index is 5.73. The quantitative estimate of drug-likeness (QED) is 0.817. The standard InChI is InChI=1S/C16H26N2O/c1-12(2)14-10-17-7-6-13(14)15-11-19-9-8-18(15)16(3,4)5/h6-7,10,12,15H,8-9,11H2,1-5H3. The second-order valence-electron chi connectivity index (χ2n) is 6.61. The van der Waals surface area contributed by atoms with E-state index < -0.39 is 0 Å². The Morgan fingerprint density at radius 1 is 1.37 bits per heavy atom. The van der Waals surface area contributed by atoms with Crippen LogP contribution in [0.15, 0.2) is 18.5 Å². The smallest absolute Gasteiger partial charge is 0.0664 e. The van der Waals surface area contributed by atoms with E-state index >= 15 is 0 Å². The van der Waals surface area contributed by atoms with Crippen LogP contribution in [0.25, 0.3) is 0 Å². The Labute approximate surface area is 117 Å². The third-order valence-electron chi connectivity index (χ3n) is 3.86. The lowest BCUT2D eigenvalue weighted by molar-refractivity contribution is -0.0509. The van der Waals surface area contributed by atoms with Gasteiger partial charge in [-0.1, -0.05) is 13.8 Å². The van der Waals surface area contributed by atoms with Crippen molar-refractivity contribution >= 4 is 0 Å². The fourth-order valence-electron chi connectivity index (χ4n) is 2.87. The van der Waals surface area contributed by atoms with Gasteiger partial charge in [0, 0.05) is 24.5 Å². The first-order valence-corrected chi connectivity index (χ1v) is 7.19. The molecule has 0 aromatic carbocycles. The molecule has 1 aliphatic rings. The van der Waals surface area contributed by atoms with Gasteiger partial charge < -0.3 is 4.74 Å². The van der Waals surface area contributed by atoms with Gasteiger partial charge in [0.2, 0.25) is 0 Å². The highest BCUT2D eigenvalue weighted by molar-refractivity contribution is 5.30. The monoisotopic (exact) mass is 262 g/mol. The van der Waals surface area contributed by atoms with Crippen molar-refractivity contribution < 1.29 is 4.74 Å². The van der Waals surface area contributed by atoms with E-state index in [4.69, 9.17) is 4.74 Å². The number of morpholine rings is 1. The lowest BCUT2D eigenvalue weighted by Gasteiger charge is -2.45. The number of hydrogen-bond acceptors (Lipinski definition) is 3. The van der Waals surface area contributed by atoms with Crippen LogP contribution in [0.3, 0.4) is 0 Å². The maximum Gasteiger partial charge on any atom is 0.0664 e. The van der Waals surface area contributed by atoms with Crippen LogP contribution in [0, 0.1) is 0 Å². The van der Waals surface area contributed by atoms with Crippen LogP contribution < -0.4 is 0 Å². The predicted octanol–water partition coefficient (Wildman–Crippen LogP) is 3.38. The summed E-state index contributed by atoms with van der Waals surface area (Å²) in [6, 6.07) is 2.50. The van der Waals surface area contributed by atoms with E-state index in [0.717, 1.165) is 19.8 Å². The predicted molar refractivity (Wildman–Crippen MR) is 78.3 cm³/mol. The van der Waals surface area contributed by atoms with Gasteiger partial charge in [0.05, 0.1) is 19.3 Å². The Morgan fingerprint density at radius 3 is 2.74 bits per heavy atom. The average Bonchev–Trinajstić information content (AvgIpc) is 2.37. The highest BCUT2D eigenvalue weighted by atomic mass is 16.5. The summed E-state index contributed by atoms with van der Waals surface area (Å²) in [5, 5.41) is 0. The van der Waals surface area contributed by atoms with Gasteiger partial charge in [-0.15, -0.1) is 0 Å². The van der Waals surface area contributed by atoms with E-state index in [9.17, 15) is 0 Å². The van der Waals surface area contributed by atoms with Crippen LogP contribution in [-0.4, -0.2) is 35.2 Å². The van der Waals surface area contributed by atoms with Crippen LogP contribution in [0.5, 0.6) is 0 Å². The zero-order valence-corrected chi connectivity index (χ0v) is 12.8. The molecule has 2 heterocycles. The molecule has 1 fully saturated rings. The van der Waals surface area contributed by atoms with Crippen LogP contribution >= 0.6 is 0 Å². The average molecular weight is 262 g/mol. The molecule has 3 nitrogen and oxygen atoms in total. The number of aromatic nitrogens is 1. The first-order chi connectivity index (χ1) is 8.91. The Bertz CT molecular complexity index is 423. The van der Waals surface area contributed by atoms with Gasteiger partial charge >= 0.3 is 0 Å². The molecule has 1 aromatic rings. The van der Waals surface area contributed by atoms with E-state index in [1.807, 2.05) is 12.4 Å². The van der Waals surface area contributed by atoms with Gasteiger partial charge in [-0.05, 0) is 43.9 Å². The minimum Gasteiger partial charge on any atom is -0.378 e. The van der Waals surface area contributed by atoms with Crippen molar-refractivity contribution in [1.82, 2.24) is 9.88 Å². The summed E-state index contributed by atoms with van der Waals surface area (Å²) in [7, 11) is 0. The zero-order valence-electron chi connectivity index (χ0n) is 12.8. The molecule has 0 N–H and O–H groups in total. The highest BCUT2D eigenvalue weighted by Crippen LogP contribution is 2.34. The Balaban J connectivity index is 2.38. The van der Waals surface area contributed by atoms with Gasteiger partial charge in [-0.3, -0.25) is 9.88 Å². The topological polar surface area (TPSA) is 25.4 Å². The maximum absolute atomic E-state index is 5.73. The number of nitrogens with zero attached hydrogens (tertiary/aromatic N) is 2. The Hall–Kier alpha value is -0.930. The third-order valence-corrected chi connectivity index (χ3v) is 3.86. The normalized spacial score (nSPS) is 21.9. The summed E-state index contributed by atoms with van der Waals surface area (Å²) in [5.74, 6) is 0.493. The molecule has 1 aliphatic heterocycles. The molecule has 0 saturated carbocycles. The molecule has 19 heavy (non-hydrogen) atoms. The van der Waals surface area contributed by atoms with E-state index in [-0.39, 0.29) is 5.54 Å². The molecule has 1 atom stereocenters. The first-order valence-electron chi connectivity index (χ1n) is 7.19. The van der Waals surface area contributed by atoms with E-state index in [1.54, 1.807) is 0 Å². The first kappa shape index (κ1) is 14.5. The number of ether oxygens (including phenoxy) is 1. The number of hydrogen-bond donors (Lipinski definition) is 0. The molecule has 0 radical (unpaired) electrons. The van der Waals surface area contributed by atoms with Crippen LogP contribution in [0.1, 0.15) is 57.7 Å². The summed E-state index contributed by atoms with van der Waals surface area (Å²) in [4.78, 5) is 6.84. The van der Waals surface area contributed by atoms with Gasteiger partial charge in [0.25, 0.3) is 0 Å². The van der Waals surface area contributed by atoms with Crippen molar-refractivity contribution in [3.05, 3.63) is 29.6 Å². The van der Waals surface area contributed by atoms with E-state index in [1.165, 1.54) is 11.1 Å². The van der Waals surface area contributed by atoms with Crippen molar-refractivity contribution in [2.45, 2.75) is 52.1 Å². The van der Waals surface area contributed by atoms with Crippen molar-refractivity contribution in [3.63, 3.8) is 0 Å². The lowest BCUT2D eigenvalue weighted by atomic mass is 9.91. The molecule has 0 spiro atoms. The summed E-state index contributed by atoms with van der Waals surface area (Å²) >= 11 is 0. The van der Waals surface area contributed by atoms with Gasteiger partial charge in [-0.2, -0.15) is 0 Å². The SMILES string of the molecule is CC(C)c1cnccc1C1COCCN1C(C)(C)C. The second kappa shape index (κ2) is 5.59. The molecular weight excluding hydrogens is 236 g/mol. The van der Waals surface area contributed by atoms with Crippen molar-refractivity contribution in [2.24, 2.45) is 0 Å². The van der Waals surface area contributed by atoms with Gasteiger partial charge in [0.1, 0.15) is 0 Å². The molecule has 106 valence electrons. The molecule has 2 rings (SSSR count). The van der Waals surface area contributed by atoms with E-state index in [2.05, 4.69) is 50.6 Å². The number of rotatable bonds is 2. The van der Waals surface area contributed by atoms with E-state index in [0.29, 0.717) is 12.0 Å². The van der Waals surface area contributed by atoms with Crippen LogP contribution in [-0.2, 0) is 4.74 Å². The fourth-order valence-corrected chi connectivity index (χ4v) is 2.87. The van der Waals surface area contributed by atoms with Crippen molar-refractivity contribution in [2.75, 3.05) is 19.8 Å². The molecule has 1 aromatic heterocycles. The lowest BCUT2D eigenvalue weighted by Crippen LogP contribution is -2.50. The summed E-state index contributed by atoms with van der Waals surface area (Å²) in [5.41, 5.74) is 2.87. The van der Waals surface area contributed by atoms with Crippen LogP contribution in [0.2, 0.25) is 0 Å². The Kier molecular flexibility index (Phi) is 4.26. The molecule has 0 aliphatic carbocycles. The zero-order chi connectivity index (χ0) is 14.0. The molecule has 0 bridgehead atoms. The summed E-state index contributed by atoms with van der Waals surface area (Å²) in [6.07, 6.45) is 3.91. The molecule has 3 heteroatoms. The van der Waals surface area contributed by atoms with Gasteiger partial charge in [0.15, 0.2) is 0 Å². The minimum absolute atomic E-state index is 0.159. The molecular formula is C16H26N2O. The van der Waals surface area contributed by atoms with Crippen LogP contribution in [0.4, 0.5) is 0 Å². The fraction of sp³-hybridized carbons (Fsp3) is 0.688. The molecule has 1 unspecified atom stereocenters. The minimum atomic E-state index is 0.159. The molecule has 1 saturated heterocycles. The summed E-state index contributed by atoms with van der Waals surface area (Å²) in [6.45, 7) is 13.9. The molecule has 0 amide bonds. The largest absolute Gasteiger partial charge is 0.378 e.